The second-order valence-corrected chi connectivity index (χ2v) is 7.75. The Morgan fingerprint density at radius 3 is 2.71 bits per heavy atom. The van der Waals surface area contributed by atoms with Gasteiger partial charge in [0.25, 0.3) is 0 Å². The molecule has 116 valence electrons. The lowest BCUT2D eigenvalue weighted by atomic mass is 10.0. The Bertz CT molecular complexity index is 517. The van der Waals surface area contributed by atoms with Gasteiger partial charge in [-0.15, -0.1) is 0 Å². The number of halogens is 1. The zero-order valence-electron chi connectivity index (χ0n) is 13.5. The van der Waals surface area contributed by atoms with Crippen molar-refractivity contribution in [3.8, 4) is 5.75 Å². The van der Waals surface area contributed by atoms with Crippen LogP contribution in [0.25, 0.3) is 0 Å². The van der Waals surface area contributed by atoms with Crippen LogP contribution in [0.15, 0.2) is 28.8 Å². The number of aryl methyl sites for hydroxylation is 1. The van der Waals surface area contributed by atoms with Crippen molar-refractivity contribution in [1.82, 2.24) is 5.32 Å². The number of benzene rings is 1. The van der Waals surface area contributed by atoms with Gasteiger partial charge in [-0.2, -0.15) is 0 Å². The van der Waals surface area contributed by atoms with E-state index >= 15 is 0 Å². The molecule has 1 N–H and O–H groups in total. The van der Waals surface area contributed by atoms with E-state index in [0.29, 0.717) is 0 Å². The predicted molar refractivity (Wildman–Crippen MR) is 92.9 cm³/mol. The molecule has 0 aliphatic heterocycles. The number of nitrogens with one attached hydrogen (secondary N) is 1. The molecule has 0 fully saturated rings. The summed E-state index contributed by atoms with van der Waals surface area (Å²) in [6, 6.07) is 4.29. The highest BCUT2D eigenvalue weighted by molar-refractivity contribution is 9.10. The van der Waals surface area contributed by atoms with E-state index in [1.807, 2.05) is 0 Å². The van der Waals surface area contributed by atoms with E-state index in [1.54, 1.807) is 0 Å². The molecule has 0 amide bonds. The standard InChI is InChI=1S/C18H26BrNO/c1-13-10-15(19)11-14(12-20-18(2,3)4)17(13)21-16-8-6-5-7-9-16/h6,8,10-11,16,20H,5,7,9,12H2,1-4H3. The maximum absolute atomic E-state index is 6.29. The summed E-state index contributed by atoms with van der Waals surface area (Å²) in [5.74, 6) is 1.03. The van der Waals surface area contributed by atoms with Gasteiger partial charge in [0.15, 0.2) is 0 Å². The lowest BCUT2D eigenvalue weighted by Crippen LogP contribution is -2.35. The normalized spacial score (nSPS) is 18.8. The topological polar surface area (TPSA) is 21.3 Å². The molecule has 1 aromatic carbocycles. The fourth-order valence-electron chi connectivity index (χ4n) is 2.49. The van der Waals surface area contributed by atoms with Gasteiger partial charge in [0, 0.05) is 22.1 Å². The molecule has 2 rings (SSSR count). The smallest absolute Gasteiger partial charge is 0.127 e. The first kappa shape index (κ1) is 16.6. The molecule has 1 aliphatic rings. The highest BCUT2D eigenvalue weighted by atomic mass is 79.9. The van der Waals surface area contributed by atoms with Gasteiger partial charge in [-0.05, 0) is 70.7 Å². The van der Waals surface area contributed by atoms with Crippen LogP contribution < -0.4 is 10.1 Å². The third kappa shape index (κ3) is 5.15. The third-order valence-corrected chi connectivity index (χ3v) is 4.06. The van der Waals surface area contributed by atoms with Gasteiger partial charge in [0.05, 0.1) is 0 Å². The predicted octanol–water partition coefficient (Wildman–Crippen LogP) is 5.13. The molecule has 0 spiro atoms. The van der Waals surface area contributed by atoms with Crippen molar-refractivity contribution in [2.24, 2.45) is 0 Å². The lowest BCUT2D eigenvalue weighted by Gasteiger charge is -2.25. The molecule has 0 aromatic heterocycles. The fourth-order valence-corrected chi connectivity index (χ4v) is 3.11. The Kier molecular flexibility index (Phi) is 5.50. The number of hydrogen-bond acceptors (Lipinski definition) is 2. The molecule has 1 aromatic rings. The average molecular weight is 352 g/mol. The van der Waals surface area contributed by atoms with Crippen LogP contribution in [0, 0.1) is 6.92 Å². The first-order valence-corrected chi connectivity index (χ1v) is 8.52. The number of ether oxygens (including phenoxy) is 1. The van der Waals surface area contributed by atoms with Crippen LogP contribution in [0.2, 0.25) is 0 Å². The zero-order chi connectivity index (χ0) is 15.5. The Morgan fingerprint density at radius 1 is 1.33 bits per heavy atom. The first-order chi connectivity index (χ1) is 9.85. The largest absolute Gasteiger partial charge is 0.486 e. The van der Waals surface area contributed by atoms with Crippen LogP contribution in [0.3, 0.4) is 0 Å². The fraction of sp³-hybridized carbons (Fsp3) is 0.556. The van der Waals surface area contributed by atoms with E-state index in [2.05, 4.69) is 73.2 Å². The van der Waals surface area contributed by atoms with Crippen molar-refractivity contribution in [2.75, 3.05) is 0 Å². The van der Waals surface area contributed by atoms with Crippen molar-refractivity contribution in [3.05, 3.63) is 39.9 Å². The Labute approximate surface area is 137 Å². The Hall–Kier alpha value is -0.800. The lowest BCUT2D eigenvalue weighted by molar-refractivity contribution is 0.225. The Morgan fingerprint density at radius 2 is 2.10 bits per heavy atom. The molecule has 0 bridgehead atoms. The van der Waals surface area contributed by atoms with Crippen molar-refractivity contribution >= 4 is 15.9 Å². The van der Waals surface area contributed by atoms with Gasteiger partial charge in [0.1, 0.15) is 11.9 Å². The summed E-state index contributed by atoms with van der Waals surface area (Å²) >= 11 is 3.60. The van der Waals surface area contributed by atoms with Crippen molar-refractivity contribution in [3.63, 3.8) is 0 Å². The van der Waals surface area contributed by atoms with E-state index in [1.165, 1.54) is 24.0 Å². The quantitative estimate of drug-likeness (QED) is 0.758. The maximum atomic E-state index is 6.29. The number of allylic oxidation sites excluding steroid dienone is 1. The van der Waals surface area contributed by atoms with Gasteiger partial charge in [0.2, 0.25) is 0 Å². The van der Waals surface area contributed by atoms with Crippen LogP contribution >= 0.6 is 15.9 Å². The van der Waals surface area contributed by atoms with Gasteiger partial charge in [-0.3, -0.25) is 0 Å². The van der Waals surface area contributed by atoms with E-state index in [0.717, 1.165) is 23.2 Å². The van der Waals surface area contributed by atoms with Crippen LogP contribution in [-0.2, 0) is 6.54 Å². The van der Waals surface area contributed by atoms with Crippen molar-refractivity contribution in [1.29, 1.82) is 0 Å². The minimum Gasteiger partial charge on any atom is -0.486 e. The minimum atomic E-state index is 0.0955. The SMILES string of the molecule is Cc1cc(Br)cc(CNC(C)(C)C)c1OC1C=CCCC1. The highest BCUT2D eigenvalue weighted by Gasteiger charge is 2.17. The van der Waals surface area contributed by atoms with Gasteiger partial charge >= 0.3 is 0 Å². The number of rotatable bonds is 4. The molecule has 1 atom stereocenters. The van der Waals surface area contributed by atoms with E-state index in [4.69, 9.17) is 4.74 Å². The molecule has 0 heterocycles. The Balaban J connectivity index is 2.21. The number of hydrogen-bond donors (Lipinski definition) is 1. The summed E-state index contributed by atoms with van der Waals surface area (Å²) in [5.41, 5.74) is 2.50. The van der Waals surface area contributed by atoms with E-state index in [9.17, 15) is 0 Å². The molecular weight excluding hydrogens is 326 g/mol. The second-order valence-electron chi connectivity index (χ2n) is 6.83. The summed E-state index contributed by atoms with van der Waals surface area (Å²) in [5, 5.41) is 3.55. The van der Waals surface area contributed by atoms with E-state index < -0.39 is 0 Å². The molecule has 1 aliphatic carbocycles. The minimum absolute atomic E-state index is 0.0955. The highest BCUT2D eigenvalue weighted by Crippen LogP contribution is 2.30. The second kappa shape index (κ2) is 6.97. The van der Waals surface area contributed by atoms with Gasteiger partial charge in [-0.25, -0.2) is 0 Å². The summed E-state index contributed by atoms with van der Waals surface area (Å²) in [4.78, 5) is 0. The first-order valence-electron chi connectivity index (χ1n) is 7.72. The van der Waals surface area contributed by atoms with Crippen LogP contribution in [0.1, 0.15) is 51.2 Å². The maximum Gasteiger partial charge on any atom is 0.127 e. The van der Waals surface area contributed by atoms with E-state index in [-0.39, 0.29) is 11.6 Å². The molecule has 0 saturated heterocycles. The molecular formula is C18H26BrNO. The molecule has 0 radical (unpaired) electrons. The van der Waals surface area contributed by atoms with Crippen molar-refractivity contribution < 1.29 is 4.74 Å². The third-order valence-electron chi connectivity index (χ3n) is 3.60. The summed E-state index contributed by atoms with van der Waals surface area (Å²) in [7, 11) is 0. The van der Waals surface area contributed by atoms with Crippen LogP contribution in [0.4, 0.5) is 0 Å². The molecule has 0 saturated carbocycles. The monoisotopic (exact) mass is 351 g/mol. The summed E-state index contributed by atoms with van der Waals surface area (Å²) in [6.07, 6.45) is 8.15. The molecule has 2 nitrogen and oxygen atoms in total. The zero-order valence-corrected chi connectivity index (χ0v) is 15.1. The summed E-state index contributed by atoms with van der Waals surface area (Å²) < 4.78 is 7.40. The molecule has 3 heteroatoms. The molecule has 21 heavy (non-hydrogen) atoms. The van der Waals surface area contributed by atoms with Crippen LogP contribution in [0.5, 0.6) is 5.75 Å². The van der Waals surface area contributed by atoms with Gasteiger partial charge in [-0.1, -0.05) is 22.0 Å². The van der Waals surface area contributed by atoms with Crippen molar-refractivity contribution in [2.45, 2.75) is 65.1 Å². The average Bonchev–Trinajstić information content (AvgIpc) is 2.40. The van der Waals surface area contributed by atoms with Crippen LogP contribution in [-0.4, -0.2) is 11.6 Å². The molecule has 1 unspecified atom stereocenters. The van der Waals surface area contributed by atoms with Gasteiger partial charge < -0.3 is 10.1 Å². The summed E-state index contributed by atoms with van der Waals surface area (Å²) in [6.45, 7) is 9.48.